The third-order valence-electron chi connectivity index (χ3n) is 5.68. The predicted molar refractivity (Wildman–Crippen MR) is 114 cm³/mol. The number of fused-ring (bicyclic) bond motifs is 1. The number of morpholine rings is 1. The molecule has 1 aromatic carbocycles. The Bertz CT molecular complexity index is 1140. The summed E-state index contributed by atoms with van der Waals surface area (Å²) >= 11 is 0. The normalized spacial score (nSPS) is 17.1. The Morgan fingerprint density at radius 2 is 1.78 bits per heavy atom. The van der Waals surface area contributed by atoms with Gasteiger partial charge in [-0.3, -0.25) is 0 Å². The van der Waals surface area contributed by atoms with Crippen molar-refractivity contribution in [1.29, 1.82) is 0 Å². The number of hydrogen-bond acceptors (Lipinski definition) is 7. The molecule has 1 atom stereocenters. The van der Waals surface area contributed by atoms with E-state index in [0.29, 0.717) is 31.9 Å². The summed E-state index contributed by atoms with van der Waals surface area (Å²) in [7, 11) is 0. The number of nitrogen functional groups attached to an aromatic ring is 1. The van der Waals surface area contributed by atoms with Gasteiger partial charge in [0.2, 0.25) is 0 Å². The fraction of sp³-hybridized carbons (Fsp3) is 0.476. The first kappa shape index (κ1) is 25.6. The summed E-state index contributed by atoms with van der Waals surface area (Å²) in [6.07, 6.45) is -9.72. The molecule has 0 aliphatic carbocycles. The van der Waals surface area contributed by atoms with Crippen molar-refractivity contribution in [2.24, 2.45) is 0 Å². The van der Waals surface area contributed by atoms with Gasteiger partial charge in [-0.1, -0.05) is 0 Å². The Labute approximate surface area is 201 Å². The van der Waals surface area contributed by atoms with Gasteiger partial charge >= 0.3 is 24.6 Å². The molecule has 0 bridgehead atoms. The van der Waals surface area contributed by atoms with E-state index >= 15 is 0 Å². The van der Waals surface area contributed by atoms with Crippen LogP contribution in [0.2, 0.25) is 0 Å². The zero-order chi connectivity index (χ0) is 26.3. The Morgan fingerprint density at radius 3 is 2.42 bits per heavy atom. The SMILES string of the molecule is C[C@@H](Nc1nc(OC(F)(F)F)nc2c1CN(C(=O)N1CCOCC1)C2)c1cc(N)cc(C(F)(F)F)c1. The van der Waals surface area contributed by atoms with Gasteiger partial charge in [-0.25, -0.2) is 4.79 Å². The number of hydrogen-bond donors (Lipinski definition) is 2. The number of nitrogens with two attached hydrogens (primary N) is 1. The molecule has 4 rings (SSSR count). The molecular formula is C21H22F6N6O3. The summed E-state index contributed by atoms with van der Waals surface area (Å²) < 4.78 is 87.4. The van der Waals surface area contributed by atoms with Crippen LogP contribution < -0.4 is 15.8 Å². The number of halogens is 6. The van der Waals surface area contributed by atoms with Crippen LogP contribution in [0, 0.1) is 0 Å². The number of rotatable bonds is 4. The van der Waals surface area contributed by atoms with Gasteiger partial charge in [-0.15, -0.1) is 13.2 Å². The Hall–Kier alpha value is -3.49. The van der Waals surface area contributed by atoms with E-state index < -0.39 is 30.2 Å². The fourth-order valence-corrected chi connectivity index (χ4v) is 3.97. The van der Waals surface area contributed by atoms with Gasteiger partial charge in [-0.05, 0) is 30.7 Å². The van der Waals surface area contributed by atoms with Crippen molar-refractivity contribution in [2.75, 3.05) is 37.4 Å². The van der Waals surface area contributed by atoms with Crippen molar-refractivity contribution in [1.82, 2.24) is 19.8 Å². The van der Waals surface area contributed by atoms with Crippen LogP contribution in [0.25, 0.3) is 0 Å². The minimum absolute atomic E-state index is 0.0163. The molecule has 0 radical (unpaired) electrons. The lowest BCUT2D eigenvalue weighted by Gasteiger charge is -2.30. The van der Waals surface area contributed by atoms with Crippen LogP contribution in [0.1, 0.15) is 35.3 Å². The monoisotopic (exact) mass is 520 g/mol. The van der Waals surface area contributed by atoms with E-state index in [1.807, 2.05) is 0 Å². The van der Waals surface area contributed by atoms with Crippen molar-refractivity contribution < 1.29 is 40.6 Å². The standard InChI is InChI=1S/C21H22F6N6O3/c1-11(12-6-13(20(22,23)24)8-14(28)7-12)29-17-15-9-33(19(34)32-2-4-35-5-3-32)10-16(15)30-18(31-17)36-21(25,26)27/h6-8,11H,2-5,9-10,28H2,1H3,(H,29,30,31)/t11-/m1/s1. The highest BCUT2D eigenvalue weighted by Gasteiger charge is 2.37. The summed E-state index contributed by atoms with van der Waals surface area (Å²) in [6, 6.07) is 0.783. The molecule has 3 heterocycles. The van der Waals surface area contributed by atoms with Gasteiger partial charge in [0.1, 0.15) is 5.82 Å². The lowest BCUT2D eigenvalue weighted by Crippen LogP contribution is -2.46. The summed E-state index contributed by atoms with van der Waals surface area (Å²) in [6.45, 7) is 2.83. The van der Waals surface area contributed by atoms with Gasteiger partial charge in [0.15, 0.2) is 0 Å². The maximum atomic E-state index is 13.2. The number of ether oxygens (including phenoxy) is 2. The molecule has 0 saturated carbocycles. The number of carbonyl (C=O) groups is 1. The Morgan fingerprint density at radius 1 is 1.08 bits per heavy atom. The van der Waals surface area contributed by atoms with E-state index in [0.717, 1.165) is 12.1 Å². The Balaban J connectivity index is 1.63. The number of amides is 2. The highest BCUT2D eigenvalue weighted by Crippen LogP contribution is 2.36. The molecule has 2 aliphatic rings. The van der Waals surface area contributed by atoms with Crippen molar-refractivity contribution >= 4 is 17.5 Å². The number of benzene rings is 1. The van der Waals surface area contributed by atoms with Crippen LogP contribution >= 0.6 is 0 Å². The average molecular weight is 520 g/mol. The maximum absolute atomic E-state index is 13.2. The molecule has 1 fully saturated rings. The number of aromatic nitrogens is 2. The number of carbonyl (C=O) groups excluding carboxylic acids is 1. The van der Waals surface area contributed by atoms with Crippen LogP contribution in [0.3, 0.4) is 0 Å². The molecule has 0 spiro atoms. The predicted octanol–water partition coefficient (Wildman–Crippen LogP) is 3.92. The zero-order valence-electron chi connectivity index (χ0n) is 18.9. The number of anilines is 2. The molecule has 2 amide bonds. The average Bonchev–Trinajstić information content (AvgIpc) is 3.21. The van der Waals surface area contributed by atoms with E-state index in [1.165, 1.54) is 17.9 Å². The molecule has 2 aliphatic heterocycles. The summed E-state index contributed by atoms with van der Waals surface area (Å²) in [5.74, 6) is -0.0972. The minimum atomic E-state index is -5.07. The van der Waals surface area contributed by atoms with E-state index in [9.17, 15) is 31.1 Å². The molecule has 1 saturated heterocycles. The van der Waals surface area contributed by atoms with Gasteiger partial charge in [0.05, 0.1) is 43.6 Å². The van der Waals surface area contributed by atoms with Crippen molar-refractivity contribution in [3.63, 3.8) is 0 Å². The molecule has 15 heteroatoms. The third-order valence-corrected chi connectivity index (χ3v) is 5.68. The van der Waals surface area contributed by atoms with Crippen LogP contribution in [-0.4, -0.2) is 58.5 Å². The van der Waals surface area contributed by atoms with Gasteiger partial charge in [0.25, 0.3) is 0 Å². The molecule has 196 valence electrons. The van der Waals surface area contributed by atoms with E-state index in [2.05, 4.69) is 20.0 Å². The molecule has 9 nitrogen and oxygen atoms in total. The molecular weight excluding hydrogens is 498 g/mol. The smallest absolute Gasteiger partial charge is 0.399 e. The quantitative estimate of drug-likeness (QED) is 0.465. The fourth-order valence-electron chi connectivity index (χ4n) is 3.97. The van der Waals surface area contributed by atoms with E-state index in [1.54, 1.807) is 4.90 Å². The number of urea groups is 1. The Kier molecular flexibility index (Phi) is 6.77. The van der Waals surface area contributed by atoms with Gasteiger partial charge in [-0.2, -0.15) is 23.1 Å². The number of nitrogens with one attached hydrogen (secondary N) is 1. The topological polar surface area (TPSA) is 106 Å². The van der Waals surface area contributed by atoms with Crippen molar-refractivity contribution in [3.8, 4) is 6.01 Å². The minimum Gasteiger partial charge on any atom is -0.399 e. The summed E-state index contributed by atoms with van der Waals surface area (Å²) in [4.78, 5) is 23.5. The van der Waals surface area contributed by atoms with E-state index in [-0.39, 0.29) is 41.9 Å². The van der Waals surface area contributed by atoms with Crippen LogP contribution in [0.5, 0.6) is 6.01 Å². The van der Waals surface area contributed by atoms with Crippen molar-refractivity contribution in [2.45, 2.75) is 38.6 Å². The van der Waals surface area contributed by atoms with E-state index in [4.69, 9.17) is 10.5 Å². The molecule has 0 unspecified atom stereocenters. The maximum Gasteiger partial charge on any atom is 0.575 e. The molecule has 2 aromatic rings. The van der Waals surface area contributed by atoms with Crippen LogP contribution in [0.15, 0.2) is 18.2 Å². The largest absolute Gasteiger partial charge is 0.575 e. The van der Waals surface area contributed by atoms with Crippen LogP contribution in [-0.2, 0) is 24.0 Å². The van der Waals surface area contributed by atoms with Gasteiger partial charge in [0, 0.05) is 24.3 Å². The first-order chi connectivity index (χ1) is 16.8. The number of nitrogens with zero attached hydrogens (tertiary/aromatic N) is 4. The second kappa shape index (κ2) is 9.52. The highest BCUT2D eigenvalue weighted by molar-refractivity contribution is 5.76. The molecule has 36 heavy (non-hydrogen) atoms. The first-order valence-electron chi connectivity index (χ1n) is 10.8. The lowest BCUT2D eigenvalue weighted by molar-refractivity contribution is -0.277. The zero-order valence-corrected chi connectivity index (χ0v) is 18.9. The molecule has 1 aromatic heterocycles. The van der Waals surface area contributed by atoms with Gasteiger partial charge < -0.3 is 30.3 Å². The lowest BCUT2D eigenvalue weighted by atomic mass is 10.0. The number of alkyl halides is 6. The second-order valence-corrected chi connectivity index (χ2v) is 8.32. The van der Waals surface area contributed by atoms with Crippen molar-refractivity contribution in [3.05, 3.63) is 40.6 Å². The summed E-state index contributed by atoms with van der Waals surface area (Å²) in [5.41, 5.74) is 5.12. The third kappa shape index (κ3) is 5.83. The summed E-state index contributed by atoms with van der Waals surface area (Å²) in [5, 5.41) is 2.84. The highest BCUT2D eigenvalue weighted by atomic mass is 19.4. The molecule has 3 N–H and O–H groups in total. The second-order valence-electron chi connectivity index (χ2n) is 8.32. The first-order valence-corrected chi connectivity index (χ1v) is 10.8. The van der Waals surface area contributed by atoms with Crippen LogP contribution in [0.4, 0.5) is 42.6 Å².